The van der Waals surface area contributed by atoms with Gasteiger partial charge in [0.05, 0.1) is 5.03 Å². The average molecular weight is 334 g/mol. The maximum Gasteiger partial charge on any atom is 0.271 e. The molecule has 0 bridgehead atoms. The summed E-state index contributed by atoms with van der Waals surface area (Å²) < 4.78 is 5.81. The maximum absolute atomic E-state index is 12.7. The van der Waals surface area contributed by atoms with E-state index in [1.165, 1.54) is 0 Å². The van der Waals surface area contributed by atoms with Crippen molar-refractivity contribution in [1.82, 2.24) is 9.47 Å². The second-order valence-electron chi connectivity index (χ2n) is 5.27. The van der Waals surface area contributed by atoms with Gasteiger partial charge in [-0.05, 0) is 13.0 Å². The van der Waals surface area contributed by atoms with Gasteiger partial charge in [-0.1, -0.05) is 0 Å². The minimum absolute atomic E-state index is 0.133. The van der Waals surface area contributed by atoms with Crippen LogP contribution in [0.3, 0.4) is 0 Å². The van der Waals surface area contributed by atoms with Crippen LogP contribution in [0.25, 0.3) is 11.1 Å². The van der Waals surface area contributed by atoms with Crippen LogP contribution in [-0.4, -0.2) is 28.8 Å². The Balaban J connectivity index is 2.27. The molecule has 3 heterocycles. The molecule has 22 heavy (non-hydrogen) atoms. The van der Waals surface area contributed by atoms with Gasteiger partial charge < -0.3 is 4.90 Å². The number of rotatable bonds is 2. The summed E-state index contributed by atoms with van der Waals surface area (Å²) in [7, 11) is 4.08. The van der Waals surface area contributed by atoms with Crippen LogP contribution in [0.1, 0.15) is 12.6 Å². The highest BCUT2D eigenvalue weighted by Gasteiger charge is 2.18. The monoisotopic (exact) mass is 334 g/mol. The number of thiazole rings is 1. The van der Waals surface area contributed by atoms with E-state index in [2.05, 4.69) is 28.7 Å². The normalized spacial score (nSPS) is 18.3. The molecular weight excluding hydrogens is 314 g/mol. The van der Waals surface area contributed by atoms with Crippen molar-refractivity contribution < 1.29 is 4.57 Å². The Labute approximate surface area is 138 Å². The third-order valence-electron chi connectivity index (χ3n) is 3.80. The first-order chi connectivity index (χ1) is 10.6. The van der Waals surface area contributed by atoms with Gasteiger partial charge in [-0.15, -0.1) is 23.1 Å². The van der Waals surface area contributed by atoms with Crippen molar-refractivity contribution in [1.29, 1.82) is 0 Å². The van der Waals surface area contributed by atoms with Crippen LogP contribution >= 0.6 is 23.1 Å². The zero-order chi connectivity index (χ0) is 15.7. The van der Waals surface area contributed by atoms with E-state index in [4.69, 9.17) is 0 Å². The lowest BCUT2D eigenvalue weighted by Gasteiger charge is -2.08. The molecule has 0 aromatic carbocycles. The molecule has 0 radical (unpaired) electrons. The number of aromatic nitrogens is 2. The molecular formula is C16H20N3OS2+. The number of aryl methyl sites for hydroxylation is 1. The first-order valence-electron chi connectivity index (χ1n) is 7.36. The quantitative estimate of drug-likeness (QED) is 0.741. The molecule has 3 rings (SSSR count). The third-order valence-corrected chi connectivity index (χ3v) is 6.23. The Morgan fingerprint density at radius 1 is 1.41 bits per heavy atom. The predicted molar refractivity (Wildman–Crippen MR) is 93.2 cm³/mol. The summed E-state index contributed by atoms with van der Waals surface area (Å²) in [5.74, 6) is 1.06. The van der Waals surface area contributed by atoms with Crippen molar-refractivity contribution in [2.75, 3.05) is 19.3 Å². The molecule has 4 nitrogen and oxygen atoms in total. The molecule has 1 aliphatic heterocycles. The van der Waals surface area contributed by atoms with Crippen molar-refractivity contribution in [3.05, 3.63) is 49.6 Å². The smallest absolute Gasteiger partial charge is 0.271 e. The van der Waals surface area contributed by atoms with Gasteiger partial charge in [-0.3, -0.25) is 9.36 Å². The number of hydrogen-bond donors (Lipinski definition) is 0. The van der Waals surface area contributed by atoms with E-state index in [9.17, 15) is 4.79 Å². The van der Waals surface area contributed by atoms with Crippen molar-refractivity contribution in [3.63, 3.8) is 0 Å². The third kappa shape index (κ3) is 2.73. The molecule has 0 saturated carbocycles. The van der Waals surface area contributed by atoms with Crippen molar-refractivity contribution >= 4 is 34.2 Å². The molecule has 1 saturated heterocycles. The van der Waals surface area contributed by atoms with Gasteiger partial charge in [-0.25, -0.2) is 4.57 Å². The molecule has 1 aliphatic rings. The van der Waals surface area contributed by atoms with Gasteiger partial charge >= 0.3 is 0 Å². The van der Waals surface area contributed by atoms with Gasteiger partial charge in [0.15, 0.2) is 6.20 Å². The van der Waals surface area contributed by atoms with Gasteiger partial charge in [0.25, 0.3) is 5.56 Å². The Morgan fingerprint density at radius 3 is 2.86 bits per heavy atom. The highest BCUT2D eigenvalue weighted by Crippen LogP contribution is 2.25. The van der Waals surface area contributed by atoms with Crippen LogP contribution in [0, 0.1) is 0 Å². The van der Waals surface area contributed by atoms with E-state index in [1.807, 2.05) is 36.9 Å². The Morgan fingerprint density at radius 2 is 2.23 bits per heavy atom. The molecule has 0 spiro atoms. The van der Waals surface area contributed by atoms with Crippen molar-refractivity contribution in [2.24, 2.45) is 7.05 Å². The van der Waals surface area contributed by atoms with E-state index < -0.39 is 0 Å². The van der Waals surface area contributed by atoms with Gasteiger partial charge in [0.2, 0.25) is 5.69 Å². The number of nitrogens with zero attached hydrogens (tertiary/aromatic N) is 3. The molecule has 0 atom stereocenters. The fourth-order valence-corrected chi connectivity index (χ4v) is 5.05. The summed E-state index contributed by atoms with van der Waals surface area (Å²) in [6, 6.07) is 6.08. The molecule has 0 unspecified atom stereocenters. The SMILES string of the molecule is CCn1c(=O)/c(=C2\SCCN2C)s/c1=C\c1cccc[n+]1C. The topological polar surface area (TPSA) is 29.1 Å². The summed E-state index contributed by atoms with van der Waals surface area (Å²) in [6.07, 6.45) is 4.11. The van der Waals surface area contributed by atoms with Gasteiger partial charge in [0.1, 0.15) is 16.2 Å². The minimum atomic E-state index is 0.133. The Hall–Kier alpha value is -1.53. The lowest BCUT2D eigenvalue weighted by Crippen LogP contribution is -2.34. The van der Waals surface area contributed by atoms with Crippen LogP contribution in [0.15, 0.2) is 29.2 Å². The second-order valence-corrected chi connectivity index (χ2v) is 7.39. The molecule has 1 fully saturated rings. The predicted octanol–water partition coefficient (Wildman–Crippen LogP) is 0.327. The minimum Gasteiger partial charge on any atom is -0.367 e. The lowest BCUT2D eigenvalue weighted by atomic mass is 10.3. The average Bonchev–Trinajstić information content (AvgIpc) is 3.05. The summed E-state index contributed by atoms with van der Waals surface area (Å²) in [6.45, 7) is 3.73. The van der Waals surface area contributed by atoms with E-state index in [-0.39, 0.29) is 5.56 Å². The first-order valence-corrected chi connectivity index (χ1v) is 9.16. The summed E-state index contributed by atoms with van der Waals surface area (Å²) in [5.41, 5.74) is 1.23. The fraction of sp³-hybridized carbons (Fsp3) is 0.375. The molecule has 0 amide bonds. The summed E-state index contributed by atoms with van der Waals surface area (Å²) in [5, 5.41) is 1.12. The first kappa shape index (κ1) is 15.4. The zero-order valence-corrected chi connectivity index (χ0v) is 14.7. The van der Waals surface area contributed by atoms with Crippen molar-refractivity contribution in [2.45, 2.75) is 13.5 Å². The Bertz CT molecular complexity index is 866. The van der Waals surface area contributed by atoms with E-state index in [0.29, 0.717) is 6.54 Å². The Kier molecular flexibility index (Phi) is 4.40. The molecule has 6 heteroatoms. The van der Waals surface area contributed by atoms with Crippen LogP contribution in [0.4, 0.5) is 0 Å². The molecule has 0 aliphatic carbocycles. The van der Waals surface area contributed by atoms with E-state index >= 15 is 0 Å². The van der Waals surface area contributed by atoms with Crippen molar-refractivity contribution in [3.8, 4) is 0 Å². The van der Waals surface area contributed by atoms with E-state index in [1.54, 1.807) is 23.1 Å². The van der Waals surface area contributed by atoms with Crippen LogP contribution < -0.4 is 19.3 Å². The van der Waals surface area contributed by atoms with Crippen LogP contribution in [0.5, 0.6) is 0 Å². The maximum atomic E-state index is 12.7. The zero-order valence-electron chi connectivity index (χ0n) is 13.1. The lowest BCUT2D eigenvalue weighted by molar-refractivity contribution is -0.673. The number of pyridine rings is 1. The molecule has 116 valence electrons. The molecule has 0 N–H and O–H groups in total. The number of hydrogen-bond acceptors (Lipinski definition) is 4. The highest BCUT2D eigenvalue weighted by atomic mass is 32.2. The second kappa shape index (κ2) is 6.30. The van der Waals surface area contributed by atoms with Crippen LogP contribution in [-0.2, 0) is 13.6 Å². The summed E-state index contributed by atoms with van der Waals surface area (Å²) >= 11 is 3.38. The van der Waals surface area contributed by atoms with E-state index in [0.717, 1.165) is 32.2 Å². The highest BCUT2D eigenvalue weighted by molar-refractivity contribution is 8.08. The summed E-state index contributed by atoms with van der Waals surface area (Å²) in [4.78, 5) is 14.9. The molecule has 2 aromatic heterocycles. The van der Waals surface area contributed by atoms with Gasteiger partial charge in [0, 0.05) is 44.1 Å². The molecule has 2 aromatic rings. The standard InChI is InChI=1S/C16H20N3OS2/c1-4-19-13(11-12-7-5-6-8-17(12)2)22-14(15(19)20)16-18(3)9-10-21-16/h5-8,11H,4,9-10H2,1-3H3/q+1/b16-14+. The van der Waals surface area contributed by atoms with Gasteiger partial charge in [-0.2, -0.15) is 0 Å². The largest absolute Gasteiger partial charge is 0.367 e. The fourth-order valence-electron chi connectivity index (χ4n) is 2.51. The number of thioether (sulfide) groups is 1. The van der Waals surface area contributed by atoms with Crippen LogP contribution in [0.2, 0.25) is 0 Å².